The molecule has 1 aliphatic heterocycles. The number of nitrogens with one attached hydrogen (secondary N) is 1. The lowest BCUT2D eigenvalue weighted by Gasteiger charge is -2.34. The molecule has 1 N–H and O–H groups in total. The number of likely N-dealkylation sites (N-methyl/N-ethyl adjacent to an activating group) is 1. The normalized spacial score (nSPS) is 14.7. The van der Waals surface area contributed by atoms with Gasteiger partial charge in [-0.2, -0.15) is 0 Å². The molecule has 0 atom stereocenters. The molecule has 0 radical (unpaired) electrons. The third kappa shape index (κ3) is 5.42. The van der Waals surface area contributed by atoms with Crippen molar-refractivity contribution in [2.45, 2.75) is 19.8 Å². The molecule has 0 aromatic heterocycles. The third-order valence-electron chi connectivity index (χ3n) is 5.27. The lowest BCUT2D eigenvalue weighted by atomic mass is 10.1. The van der Waals surface area contributed by atoms with Gasteiger partial charge in [-0.05, 0) is 49.2 Å². The zero-order valence-electron chi connectivity index (χ0n) is 16.6. The average Bonchev–Trinajstić information content (AvgIpc) is 2.77. The lowest BCUT2D eigenvalue weighted by molar-refractivity contribution is 0.0643. The number of rotatable bonds is 7. The van der Waals surface area contributed by atoms with Crippen molar-refractivity contribution in [1.82, 2.24) is 15.1 Å². The maximum Gasteiger partial charge on any atom is 0.253 e. The summed E-state index contributed by atoms with van der Waals surface area (Å²) in [5.41, 5.74) is 2.51. The van der Waals surface area contributed by atoms with E-state index in [1.807, 2.05) is 23.1 Å². The topological polar surface area (TPSA) is 52.7 Å². The molecule has 0 spiro atoms. The molecule has 2 aromatic carbocycles. The summed E-state index contributed by atoms with van der Waals surface area (Å²) in [6.07, 6.45) is 1.84. The van der Waals surface area contributed by atoms with Gasteiger partial charge in [0.05, 0.1) is 0 Å². The molecule has 1 aliphatic rings. The molecule has 5 heteroatoms. The highest BCUT2D eigenvalue weighted by Crippen LogP contribution is 2.11. The number of carbonyl (C=O) groups is 2. The Labute approximate surface area is 167 Å². The molecule has 0 saturated carbocycles. The van der Waals surface area contributed by atoms with Crippen LogP contribution in [0.4, 0.5) is 0 Å². The summed E-state index contributed by atoms with van der Waals surface area (Å²) in [4.78, 5) is 29.2. The second-order valence-electron chi connectivity index (χ2n) is 7.15. The van der Waals surface area contributed by atoms with E-state index in [1.54, 1.807) is 24.3 Å². The van der Waals surface area contributed by atoms with E-state index in [0.29, 0.717) is 17.7 Å². The Morgan fingerprint density at radius 2 is 1.54 bits per heavy atom. The van der Waals surface area contributed by atoms with Gasteiger partial charge in [0, 0.05) is 43.9 Å². The van der Waals surface area contributed by atoms with Gasteiger partial charge in [-0.25, -0.2) is 0 Å². The van der Waals surface area contributed by atoms with Crippen molar-refractivity contribution in [1.29, 1.82) is 0 Å². The maximum absolute atomic E-state index is 12.6. The van der Waals surface area contributed by atoms with Crippen LogP contribution in [0.1, 0.15) is 39.6 Å². The van der Waals surface area contributed by atoms with Crippen molar-refractivity contribution < 1.29 is 9.59 Å². The summed E-state index contributed by atoms with van der Waals surface area (Å²) < 4.78 is 0. The van der Waals surface area contributed by atoms with Crippen molar-refractivity contribution in [3.05, 3.63) is 71.3 Å². The summed E-state index contributed by atoms with van der Waals surface area (Å²) in [5.74, 6) is -0.0470. The van der Waals surface area contributed by atoms with Gasteiger partial charge in [-0.3, -0.25) is 9.59 Å². The minimum absolute atomic E-state index is 0.0468. The van der Waals surface area contributed by atoms with E-state index in [4.69, 9.17) is 0 Å². The number of hydrogen-bond acceptors (Lipinski definition) is 3. The number of hydrogen-bond donors (Lipinski definition) is 1. The number of aryl methyl sites for hydroxylation is 1. The van der Waals surface area contributed by atoms with Crippen molar-refractivity contribution >= 4 is 11.8 Å². The van der Waals surface area contributed by atoms with Crippen LogP contribution in [-0.4, -0.2) is 60.9 Å². The number of amides is 2. The number of nitrogens with zero attached hydrogens (tertiary/aromatic N) is 2. The van der Waals surface area contributed by atoms with Crippen LogP contribution in [0, 0.1) is 0 Å². The summed E-state index contributed by atoms with van der Waals surface area (Å²) in [6.45, 7) is 7.17. The summed E-state index contributed by atoms with van der Waals surface area (Å²) in [7, 11) is 0. The molecule has 2 amide bonds. The molecule has 5 nitrogen and oxygen atoms in total. The van der Waals surface area contributed by atoms with Gasteiger partial charge >= 0.3 is 0 Å². The van der Waals surface area contributed by atoms with Crippen molar-refractivity contribution in [3.8, 4) is 0 Å². The molecule has 148 valence electrons. The summed E-state index contributed by atoms with van der Waals surface area (Å²) in [6, 6.07) is 17.2. The highest BCUT2D eigenvalue weighted by Gasteiger charge is 2.21. The van der Waals surface area contributed by atoms with Crippen LogP contribution >= 0.6 is 0 Å². The van der Waals surface area contributed by atoms with Crippen LogP contribution in [0.15, 0.2) is 54.6 Å². The Balaban J connectivity index is 1.45. The quantitative estimate of drug-likeness (QED) is 0.753. The predicted octanol–water partition coefficient (Wildman–Crippen LogP) is 2.83. The largest absolute Gasteiger partial charge is 0.352 e. The second-order valence-corrected chi connectivity index (χ2v) is 7.15. The van der Waals surface area contributed by atoms with Crippen molar-refractivity contribution in [2.24, 2.45) is 0 Å². The molecule has 1 heterocycles. The highest BCUT2D eigenvalue weighted by molar-refractivity contribution is 5.97. The molecule has 0 bridgehead atoms. The number of piperazine rings is 1. The molecule has 0 unspecified atom stereocenters. The van der Waals surface area contributed by atoms with Gasteiger partial charge in [-0.1, -0.05) is 37.3 Å². The SMILES string of the molecule is CCN1CCN(C(=O)c2ccc(C(=O)NCCCc3ccccc3)cc2)CC1. The molecular weight excluding hydrogens is 350 g/mol. The lowest BCUT2D eigenvalue weighted by Crippen LogP contribution is -2.48. The fourth-order valence-electron chi connectivity index (χ4n) is 3.46. The third-order valence-corrected chi connectivity index (χ3v) is 5.27. The van der Waals surface area contributed by atoms with Gasteiger partial charge in [-0.15, -0.1) is 0 Å². The fourth-order valence-corrected chi connectivity index (χ4v) is 3.46. The Morgan fingerprint density at radius 3 is 2.18 bits per heavy atom. The average molecular weight is 380 g/mol. The molecule has 1 fully saturated rings. The standard InChI is InChI=1S/C23H29N3O2/c1-2-25-15-17-26(18-16-25)23(28)21-12-10-20(11-13-21)22(27)24-14-6-9-19-7-4-3-5-8-19/h3-5,7-8,10-13H,2,6,9,14-18H2,1H3,(H,24,27). The maximum atomic E-state index is 12.6. The predicted molar refractivity (Wildman–Crippen MR) is 112 cm³/mol. The Morgan fingerprint density at radius 1 is 0.893 bits per heavy atom. The van der Waals surface area contributed by atoms with Crippen LogP contribution in [0.25, 0.3) is 0 Å². The van der Waals surface area contributed by atoms with Gasteiger partial charge in [0.2, 0.25) is 0 Å². The molecule has 28 heavy (non-hydrogen) atoms. The molecule has 2 aromatic rings. The van der Waals surface area contributed by atoms with Crippen molar-refractivity contribution in [2.75, 3.05) is 39.3 Å². The van der Waals surface area contributed by atoms with E-state index < -0.39 is 0 Å². The zero-order valence-corrected chi connectivity index (χ0v) is 16.6. The van der Waals surface area contributed by atoms with E-state index in [-0.39, 0.29) is 11.8 Å². The van der Waals surface area contributed by atoms with Gasteiger partial charge < -0.3 is 15.1 Å². The fraction of sp³-hybridized carbons (Fsp3) is 0.391. The number of carbonyl (C=O) groups excluding carboxylic acids is 2. The molecule has 1 saturated heterocycles. The first kappa shape index (κ1) is 20.1. The van der Waals surface area contributed by atoms with Crippen molar-refractivity contribution in [3.63, 3.8) is 0 Å². The van der Waals surface area contributed by atoms with E-state index in [0.717, 1.165) is 45.6 Å². The second kappa shape index (κ2) is 10.0. The van der Waals surface area contributed by atoms with Crippen LogP contribution in [-0.2, 0) is 6.42 Å². The van der Waals surface area contributed by atoms with Crippen LogP contribution < -0.4 is 5.32 Å². The first-order valence-electron chi connectivity index (χ1n) is 10.1. The van der Waals surface area contributed by atoms with Gasteiger partial charge in [0.15, 0.2) is 0 Å². The molecule has 0 aliphatic carbocycles. The van der Waals surface area contributed by atoms with Gasteiger partial charge in [0.25, 0.3) is 11.8 Å². The Hall–Kier alpha value is -2.66. The minimum Gasteiger partial charge on any atom is -0.352 e. The van der Waals surface area contributed by atoms with E-state index >= 15 is 0 Å². The Kier molecular flexibility index (Phi) is 7.20. The van der Waals surface area contributed by atoms with E-state index in [2.05, 4.69) is 29.3 Å². The first-order valence-corrected chi connectivity index (χ1v) is 10.1. The van der Waals surface area contributed by atoms with Crippen LogP contribution in [0.2, 0.25) is 0 Å². The Bertz CT molecular complexity index is 766. The summed E-state index contributed by atoms with van der Waals surface area (Å²) in [5, 5.41) is 2.95. The monoisotopic (exact) mass is 379 g/mol. The molecular formula is C23H29N3O2. The first-order chi connectivity index (χ1) is 13.7. The van der Waals surface area contributed by atoms with Crippen LogP contribution in [0.5, 0.6) is 0 Å². The summed E-state index contributed by atoms with van der Waals surface area (Å²) >= 11 is 0. The number of benzene rings is 2. The van der Waals surface area contributed by atoms with E-state index in [1.165, 1.54) is 5.56 Å². The van der Waals surface area contributed by atoms with Gasteiger partial charge in [0.1, 0.15) is 0 Å². The zero-order chi connectivity index (χ0) is 19.8. The molecule has 3 rings (SSSR count). The minimum atomic E-state index is -0.0939. The highest BCUT2D eigenvalue weighted by atomic mass is 16.2. The smallest absolute Gasteiger partial charge is 0.253 e. The van der Waals surface area contributed by atoms with E-state index in [9.17, 15) is 9.59 Å². The van der Waals surface area contributed by atoms with Crippen LogP contribution in [0.3, 0.4) is 0 Å².